The van der Waals surface area contributed by atoms with Crippen molar-refractivity contribution in [3.8, 4) is 28.3 Å². The van der Waals surface area contributed by atoms with Gasteiger partial charge in [-0.25, -0.2) is 9.97 Å². The summed E-state index contributed by atoms with van der Waals surface area (Å²) < 4.78 is 5.86. The topological polar surface area (TPSA) is 35.0 Å². The van der Waals surface area contributed by atoms with Crippen LogP contribution in [0.2, 0.25) is 0 Å². The number of unbranched alkanes of at least 4 members (excludes halogenated alkanes) is 4. The van der Waals surface area contributed by atoms with E-state index in [2.05, 4.69) is 54.7 Å². The van der Waals surface area contributed by atoms with Crippen LogP contribution in [0.4, 0.5) is 0 Å². The van der Waals surface area contributed by atoms with Crippen LogP contribution in [0, 0.1) is 5.92 Å². The molecule has 2 aromatic carbocycles. The van der Waals surface area contributed by atoms with E-state index in [0.717, 1.165) is 54.1 Å². The van der Waals surface area contributed by atoms with Crippen molar-refractivity contribution in [3.63, 3.8) is 0 Å². The molecule has 3 heteroatoms. The van der Waals surface area contributed by atoms with E-state index in [4.69, 9.17) is 4.74 Å². The Morgan fingerprint density at radius 2 is 1.50 bits per heavy atom. The molecule has 0 aliphatic carbocycles. The van der Waals surface area contributed by atoms with Gasteiger partial charge in [-0.2, -0.15) is 0 Å². The van der Waals surface area contributed by atoms with Gasteiger partial charge in [0.1, 0.15) is 5.75 Å². The highest BCUT2D eigenvalue weighted by Gasteiger charge is 2.06. The molecule has 1 aromatic heterocycles. The second-order valence-electron chi connectivity index (χ2n) is 8.57. The molecule has 0 saturated heterocycles. The van der Waals surface area contributed by atoms with Gasteiger partial charge in [0, 0.05) is 23.5 Å². The first-order valence-electron chi connectivity index (χ1n) is 11.9. The summed E-state index contributed by atoms with van der Waals surface area (Å²) in [5.41, 5.74) is 4.57. The molecule has 0 aliphatic heterocycles. The minimum Gasteiger partial charge on any atom is -0.494 e. The number of allylic oxidation sites excluding steroid dienone is 1. The summed E-state index contributed by atoms with van der Waals surface area (Å²) in [4.78, 5) is 9.18. The molecule has 0 aliphatic rings. The van der Waals surface area contributed by atoms with Crippen molar-refractivity contribution in [2.75, 3.05) is 6.61 Å². The van der Waals surface area contributed by atoms with Gasteiger partial charge in [-0.15, -0.1) is 6.58 Å². The van der Waals surface area contributed by atoms with E-state index in [-0.39, 0.29) is 0 Å². The van der Waals surface area contributed by atoms with E-state index in [1.54, 1.807) is 0 Å². The van der Waals surface area contributed by atoms with Crippen LogP contribution in [0.25, 0.3) is 22.5 Å². The van der Waals surface area contributed by atoms with Crippen molar-refractivity contribution in [1.29, 1.82) is 0 Å². The van der Waals surface area contributed by atoms with E-state index < -0.39 is 0 Å². The molecule has 32 heavy (non-hydrogen) atoms. The maximum Gasteiger partial charge on any atom is 0.159 e. The molecule has 1 unspecified atom stereocenters. The van der Waals surface area contributed by atoms with Crippen molar-refractivity contribution in [2.24, 2.45) is 5.92 Å². The Morgan fingerprint density at radius 1 is 0.844 bits per heavy atom. The third-order valence-corrected chi connectivity index (χ3v) is 5.90. The Hall–Kier alpha value is -2.94. The number of aromatic nitrogens is 2. The van der Waals surface area contributed by atoms with Gasteiger partial charge in [0.05, 0.1) is 6.61 Å². The van der Waals surface area contributed by atoms with Gasteiger partial charge in [0.25, 0.3) is 0 Å². The Kier molecular flexibility index (Phi) is 9.49. The third kappa shape index (κ3) is 7.33. The fourth-order valence-electron chi connectivity index (χ4n) is 3.64. The van der Waals surface area contributed by atoms with Crippen LogP contribution >= 0.6 is 0 Å². The number of hydrogen-bond donors (Lipinski definition) is 0. The first kappa shape index (κ1) is 23.7. The molecule has 0 saturated carbocycles. The zero-order valence-electron chi connectivity index (χ0n) is 19.6. The van der Waals surface area contributed by atoms with Crippen molar-refractivity contribution in [3.05, 3.63) is 79.1 Å². The van der Waals surface area contributed by atoms with Gasteiger partial charge in [0.2, 0.25) is 0 Å². The Bertz CT molecular complexity index is 930. The first-order chi connectivity index (χ1) is 15.7. The summed E-state index contributed by atoms with van der Waals surface area (Å²) in [5.74, 6) is 2.34. The molecular formula is C29H36N2O. The lowest BCUT2D eigenvalue weighted by molar-refractivity contribution is 0.305. The monoisotopic (exact) mass is 428 g/mol. The lowest BCUT2D eigenvalue weighted by Crippen LogP contribution is -1.97. The Balaban J connectivity index is 1.51. The van der Waals surface area contributed by atoms with Crippen LogP contribution < -0.4 is 4.74 Å². The van der Waals surface area contributed by atoms with Crippen LogP contribution in [0.5, 0.6) is 5.75 Å². The zero-order valence-corrected chi connectivity index (χ0v) is 19.6. The molecule has 0 spiro atoms. The number of hydrogen-bond acceptors (Lipinski definition) is 3. The number of benzene rings is 2. The van der Waals surface area contributed by atoms with E-state index in [0.29, 0.717) is 5.92 Å². The molecule has 1 heterocycles. The highest BCUT2D eigenvalue weighted by atomic mass is 16.5. The van der Waals surface area contributed by atoms with Crippen LogP contribution in [-0.4, -0.2) is 16.6 Å². The van der Waals surface area contributed by atoms with E-state index in [1.807, 2.05) is 42.7 Å². The second kappa shape index (κ2) is 12.8. The summed E-state index contributed by atoms with van der Waals surface area (Å²) >= 11 is 0. The quantitative estimate of drug-likeness (QED) is 0.205. The molecule has 3 aromatic rings. The van der Waals surface area contributed by atoms with Crippen molar-refractivity contribution in [2.45, 2.75) is 58.8 Å². The molecule has 0 amide bonds. The second-order valence-corrected chi connectivity index (χ2v) is 8.57. The maximum atomic E-state index is 5.86. The lowest BCUT2D eigenvalue weighted by Gasteiger charge is -2.09. The van der Waals surface area contributed by atoms with Crippen molar-refractivity contribution >= 4 is 0 Å². The van der Waals surface area contributed by atoms with Crippen LogP contribution in [-0.2, 0) is 6.42 Å². The Morgan fingerprint density at radius 3 is 2.16 bits per heavy atom. The van der Waals surface area contributed by atoms with E-state index in [1.165, 1.54) is 31.2 Å². The fourth-order valence-corrected chi connectivity index (χ4v) is 3.64. The van der Waals surface area contributed by atoms with E-state index in [9.17, 15) is 0 Å². The molecule has 0 bridgehead atoms. The summed E-state index contributed by atoms with van der Waals surface area (Å²) in [6, 6.07) is 16.8. The first-order valence-corrected chi connectivity index (χ1v) is 11.9. The largest absolute Gasteiger partial charge is 0.494 e. The number of rotatable bonds is 13. The molecule has 3 nitrogen and oxygen atoms in total. The van der Waals surface area contributed by atoms with Gasteiger partial charge >= 0.3 is 0 Å². The van der Waals surface area contributed by atoms with Gasteiger partial charge in [-0.1, -0.05) is 63.5 Å². The average molecular weight is 429 g/mol. The summed E-state index contributed by atoms with van der Waals surface area (Å²) in [5, 5.41) is 0. The van der Waals surface area contributed by atoms with E-state index >= 15 is 0 Å². The van der Waals surface area contributed by atoms with Gasteiger partial charge in [0.15, 0.2) is 5.82 Å². The predicted molar refractivity (Wildman–Crippen MR) is 135 cm³/mol. The highest BCUT2D eigenvalue weighted by Crippen LogP contribution is 2.23. The van der Waals surface area contributed by atoms with Crippen molar-refractivity contribution < 1.29 is 4.74 Å². The standard InChI is InChI=1S/C29H36N2O/c1-4-6-7-8-9-10-19-32-28-17-15-26(16-18-28)29-30-21-27(22-31-29)25-13-11-24(12-14-25)20-23(3)5-2/h4,11-18,21-23H,1,5-10,19-20H2,2-3H3. The maximum absolute atomic E-state index is 5.86. The molecule has 0 radical (unpaired) electrons. The molecule has 3 rings (SSSR count). The average Bonchev–Trinajstić information content (AvgIpc) is 2.84. The third-order valence-electron chi connectivity index (χ3n) is 5.90. The van der Waals surface area contributed by atoms with Gasteiger partial charge < -0.3 is 4.74 Å². The SMILES string of the molecule is C=CCCCCCCOc1ccc(-c2ncc(-c3ccc(CC(C)CC)cc3)cn2)cc1. The molecular weight excluding hydrogens is 392 g/mol. The fraction of sp³-hybridized carbons (Fsp3) is 0.379. The predicted octanol–water partition coefficient (Wildman–Crippen LogP) is 7.91. The van der Waals surface area contributed by atoms with Gasteiger partial charge in [-0.3, -0.25) is 0 Å². The number of nitrogens with zero attached hydrogens (tertiary/aromatic N) is 2. The molecule has 0 N–H and O–H groups in total. The smallest absolute Gasteiger partial charge is 0.159 e. The Labute approximate surface area is 193 Å². The summed E-state index contributed by atoms with van der Waals surface area (Å²) in [6.07, 6.45) is 14.0. The lowest BCUT2D eigenvalue weighted by atomic mass is 9.97. The minimum atomic E-state index is 0.715. The molecule has 168 valence electrons. The normalized spacial score (nSPS) is 11.8. The van der Waals surface area contributed by atoms with Crippen LogP contribution in [0.3, 0.4) is 0 Å². The highest BCUT2D eigenvalue weighted by molar-refractivity contribution is 5.64. The van der Waals surface area contributed by atoms with Gasteiger partial charge in [-0.05, 0) is 67.0 Å². The van der Waals surface area contributed by atoms with Crippen LogP contribution in [0.15, 0.2) is 73.6 Å². The summed E-state index contributed by atoms with van der Waals surface area (Å²) in [7, 11) is 0. The zero-order chi connectivity index (χ0) is 22.6. The van der Waals surface area contributed by atoms with Crippen molar-refractivity contribution in [1.82, 2.24) is 9.97 Å². The van der Waals surface area contributed by atoms with Crippen LogP contribution in [0.1, 0.15) is 57.9 Å². The molecule has 1 atom stereocenters. The summed E-state index contributed by atoms with van der Waals surface area (Å²) in [6.45, 7) is 9.06. The number of ether oxygens (including phenoxy) is 1. The minimum absolute atomic E-state index is 0.715. The molecule has 0 fully saturated rings.